The Morgan fingerprint density at radius 3 is 2.52 bits per heavy atom. The Morgan fingerprint density at radius 1 is 1.12 bits per heavy atom. The highest BCUT2D eigenvalue weighted by atomic mass is 35.5. The van der Waals surface area contributed by atoms with E-state index in [9.17, 15) is 0 Å². The van der Waals surface area contributed by atoms with E-state index in [4.69, 9.17) is 23.1 Å². The molecular formula is C20H27ClN4. The van der Waals surface area contributed by atoms with E-state index in [0.29, 0.717) is 0 Å². The Kier molecular flexibility index (Phi) is 7.79. The number of nitrogen functional groups attached to an aromatic ring is 1. The molecule has 4 nitrogen and oxygen atoms in total. The summed E-state index contributed by atoms with van der Waals surface area (Å²) in [6, 6.07) is 16.0. The number of anilines is 1. The molecule has 0 amide bonds. The summed E-state index contributed by atoms with van der Waals surface area (Å²) in [5.41, 5.74) is 15.8. The maximum atomic E-state index is 6.11. The molecule has 0 spiro atoms. The number of rotatable bonds is 9. The molecule has 0 bridgehead atoms. The van der Waals surface area contributed by atoms with Gasteiger partial charge in [-0.2, -0.15) is 0 Å². The zero-order valence-corrected chi connectivity index (χ0v) is 15.5. The maximum absolute atomic E-state index is 6.11. The van der Waals surface area contributed by atoms with Crippen molar-refractivity contribution >= 4 is 17.3 Å². The quantitative estimate of drug-likeness (QED) is 0.475. The molecule has 0 atom stereocenters. The lowest BCUT2D eigenvalue weighted by Gasteiger charge is -2.23. The number of benzene rings is 2. The maximum Gasteiger partial charge on any atom is 0.0406 e. The van der Waals surface area contributed by atoms with Crippen LogP contribution in [0.2, 0.25) is 5.02 Å². The standard InChI is InChI=1S/C20H27ClN4/c1-16(22)10-11-24-12-13-25(14-17-6-8-19(21)9-7-17)15-18-4-2-3-5-20(18)23/h2-10,24H,11-15,22-23H2,1H3/b16-10+. The number of hydrogen-bond acceptors (Lipinski definition) is 4. The second-order valence-electron chi connectivity index (χ2n) is 6.19. The number of para-hydroxylation sites is 1. The van der Waals surface area contributed by atoms with E-state index in [0.717, 1.165) is 54.7 Å². The van der Waals surface area contributed by atoms with Gasteiger partial charge in [0, 0.05) is 49.1 Å². The molecule has 2 rings (SSSR count). The lowest BCUT2D eigenvalue weighted by atomic mass is 10.1. The molecule has 5 N–H and O–H groups in total. The van der Waals surface area contributed by atoms with Crippen molar-refractivity contribution in [3.05, 3.63) is 76.5 Å². The first kappa shape index (κ1) is 19.3. The zero-order chi connectivity index (χ0) is 18.1. The predicted molar refractivity (Wildman–Crippen MR) is 107 cm³/mol. The van der Waals surface area contributed by atoms with Gasteiger partial charge in [-0.1, -0.05) is 48.0 Å². The summed E-state index contributed by atoms with van der Waals surface area (Å²) in [4.78, 5) is 2.38. The zero-order valence-electron chi connectivity index (χ0n) is 14.7. The fraction of sp³-hybridized carbons (Fsp3) is 0.300. The third kappa shape index (κ3) is 7.18. The molecular weight excluding hydrogens is 332 g/mol. The number of hydrogen-bond donors (Lipinski definition) is 3. The fourth-order valence-electron chi connectivity index (χ4n) is 2.55. The summed E-state index contributed by atoms with van der Waals surface area (Å²) in [6.45, 7) is 6.12. The minimum absolute atomic E-state index is 0.758. The highest BCUT2D eigenvalue weighted by molar-refractivity contribution is 6.30. The second-order valence-corrected chi connectivity index (χ2v) is 6.62. The third-order valence-electron chi connectivity index (χ3n) is 3.94. The van der Waals surface area contributed by atoms with E-state index in [1.807, 2.05) is 43.3 Å². The predicted octanol–water partition coefficient (Wildman–Crippen LogP) is 3.38. The van der Waals surface area contributed by atoms with Gasteiger partial charge >= 0.3 is 0 Å². The molecule has 0 unspecified atom stereocenters. The molecule has 0 aromatic heterocycles. The smallest absolute Gasteiger partial charge is 0.0406 e. The topological polar surface area (TPSA) is 67.3 Å². The van der Waals surface area contributed by atoms with Crippen molar-refractivity contribution in [1.29, 1.82) is 0 Å². The molecule has 0 radical (unpaired) electrons. The van der Waals surface area contributed by atoms with Crippen LogP contribution in [0.15, 0.2) is 60.3 Å². The van der Waals surface area contributed by atoms with Crippen molar-refractivity contribution in [2.45, 2.75) is 20.0 Å². The average Bonchev–Trinajstić information content (AvgIpc) is 2.58. The van der Waals surface area contributed by atoms with E-state index in [1.54, 1.807) is 0 Å². The number of nitrogens with two attached hydrogens (primary N) is 2. The van der Waals surface area contributed by atoms with Gasteiger partial charge in [-0.3, -0.25) is 4.90 Å². The molecule has 0 aliphatic rings. The number of nitrogens with zero attached hydrogens (tertiary/aromatic N) is 1. The number of allylic oxidation sites excluding steroid dienone is 1. The first-order chi connectivity index (χ1) is 12.0. The van der Waals surface area contributed by atoms with E-state index in [1.165, 1.54) is 5.56 Å². The molecule has 0 heterocycles. The minimum Gasteiger partial charge on any atom is -0.402 e. The van der Waals surface area contributed by atoms with Crippen LogP contribution in [0.1, 0.15) is 18.1 Å². The summed E-state index contributed by atoms with van der Waals surface area (Å²) in [5, 5.41) is 4.15. The summed E-state index contributed by atoms with van der Waals surface area (Å²) >= 11 is 5.99. The van der Waals surface area contributed by atoms with Crippen LogP contribution in [0.5, 0.6) is 0 Å². The summed E-state index contributed by atoms with van der Waals surface area (Å²) < 4.78 is 0. The molecule has 0 aliphatic heterocycles. The van der Waals surface area contributed by atoms with E-state index >= 15 is 0 Å². The molecule has 0 saturated heterocycles. The van der Waals surface area contributed by atoms with Gasteiger partial charge in [0.15, 0.2) is 0 Å². The van der Waals surface area contributed by atoms with Crippen LogP contribution in [0, 0.1) is 0 Å². The first-order valence-corrected chi connectivity index (χ1v) is 8.85. The molecule has 0 saturated carbocycles. The van der Waals surface area contributed by atoms with Crippen LogP contribution in [-0.4, -0.2) is 24.5 Å². The molecule has 25 heavy (non-hydrogen) atoms. The lowest BCUT2D eigenvalue weighted by molar-refractivity contribution is 0.258. The van der Waals surface area contributed by atoms with Gasteiger partial charge in [0.2, 0.25) is 0 Å². The van der Waals surface area contributed by atoms with E-state index in [2.05, 4.69) is 28.4 Å². The SMILES string of the molecule is C/C(N)=C\CNCCN(Cc1ccc(Cl)cc1)Cc1ccccc1N. The van der Waals surface area contributed by atoms with Crippen LogP contribution in [0.3, 0.4) is 0 Å². The van der Waals surface area contributed by atoms with Crippen LogP contribution in [0.25, 0.3) is 0 Å². The van der Waals surface area contributed by atoms with Crippen LogP contribution >= 0.6 is 11.6 Å². The summed E-state index contributed by atoms with van der Waals surface area (Å²) in [6.07, 6.45) is 1.98. The van der Waals surface area contributed by atoms with Gasteiger partial charge in [0.25, 0.3) is 0 Å². The minimum atomic E-state index is 0.758. The highest BCUT2D eigenvalue weighted by Crippen LogP contribution is 2.16. The van der Waals surface area contributed by atoms with Crippen molar-refractivity contribution in [3.63, 3.8) is 0 Å². The fourth-order valence-corrected chi connectivity index (χ4v) is 2.68. The Balaban J connectivity index is 1.98. The van der Waals surface area contributed by atoms with Gasteiger partial charge in [0.1, 0.15) is 0 Å². The van der Waals surface area contributed by atoms with Crippen molar-refractivity contribution in [1.82, 2.24) is 10.2 Å². The normalized spacial score (nSPS) is 11.9. The summed E-state index contributed by atoms with van der Waals surface area (Å²) in [7, 11) is 0. The van der Waals surface area contributed by atoms with Crippen molar-refractivity contribution < 1.29 is 0 Å². The first-order valence-electron chi connectivity index (χ1n) is 8.47. The molecule has 0 aliphatic carbocycles. The number of nitrogens with one attached hydrogen (secondary N) is 1. The largest absolute Gasteiger partial charge is 0.402 e. The van der Waals surface area contributed by atoms with Crippen LogP contribution in [0.4, 0.5) is 5.69 Å². The van der Waals surface area contributed by atoms with Gasteiger partial charge in [-0.05, 0) is 36.2 Å². The van der Waals surface area contributed by atoms with E-state index < -0.39 is 0 Å². The molecule has 0 fully saturated rings. The van der Waals surface area contributed by atoms with Gasteiger partial charge < -0.3 is 16.8 Å². The lowest BCUT2D eigenvalue weighted by Crippen LogP contribution is -2.32. The summed E-state index contributed by atoms with van der Waals surface area (Å²) in [5.74, 6) is 0. The molecule has 2 aromatic carbocycles. The molecule has 2 aromatic rings. The Morgan fingerprint density at radius 2 is 1.84 bits per heavy atom. The van der Waals surface area contributed by atoms with Crippen LogP contribution < -0.4 is 16.8 Å². The van der Waals surface area contributed by atoms with Crippen molar-refractivity contribution in [2.75, 3.05) is 25.4 Å². The average molecular weight is 359 g/mol. The van der Waals surface area contributed by atoms with Gasteiger partial charge in [-0.15, -0.1) is 0 Å². The molecule has 5 heteroatoms. The number of halogens is 1. The Labute approximate surface area is 155 Å². The third-order valence-corrected chi connectivity index (χ3v) is 4.19. The van der Waals surface area contributed by atoms with Crippen molar-refractivity contribution in [3.8, 4) is 0 Å². The second kappa shape index (κ2) is 10.1. The Bertz CT molecular complexity index is 678. The highest BCUT2D eigenvalue weighted by Gasteiger charge is 2.09. The van der Waals surface area contributed by atoms with Gasteiger partial charge in [0.05, 0.1) is 0 Å². The van der Waals surface area contributed by atoms with Crippen LogP contribution in [-0.2, 0) is 13.1 Å². The van der Waals surface area contributed by atoms with Gasteiger partial charge in [-0.25, -0.2) is 0 Å². The van der Waals surface area contributed by atoms with Crippen molar-refractivity contribution in [2.24, 2.45) is 5.73 Å². The molecule has 134 valence electrons. The van der Waals surface area contributed by atoms with E-state index in [-0.39, 0.29) is 0 Å². The Hall–Kier alpha value is -2.01. The monoisotopic (exact) mass is 358 g/mol.